The van der Waals surface area contributed by atoms with Crippen molar-refractivity contribution in [3.63, 3.8) is 0 Å². The maximum atomic E-state index is 11.5. The molecule has 4 aromatic carbocycles. The van der Waals surface area contributed by atoms with Crippen LogP contribution in [0.25, 0.3) is 0 Å². The Balaban J connectivity index is 1.83. The second kappa shape index (κ2) is 9.56. The molecule has 176 valence electrons. The van der Waals surface area contributed by atoms with E-state index >= 15 is 0 Å². The molecule has 36 heavy (non-hydrogen) atoms. The Morgan fingerprint density at radius 3 is 1.39 bits per heavy atom. The molecule has 0 saturated carbocycles. The van der Waals surface area contributed by atoms with Crippen LogP contribution in [0, 0.1) is 20.2 Å². The molecule has 0 aliphatic carbocycles. The van der Waals surface area contributed by atoms with Gasteiger partial charge in [0.25, 0.3) is 11.4 Å². The molecule has 1 aliphatic heterocycles. The number of non-ortho nitro benzene ring substituents is 2. The van der Waals surface area contributed by atoms with Gasteiger partial charge in [-0.25, -0.2) is 9.98 Å². The third-order valence-electron chi connectivity index (χ3n) is 5.55. The average molecular weight is 606 g/mol. The van der Waals surface area contributed by atoms with E-state index in [1.54, 1.807) is 24.3 Å². The lowest BCUT2D eigenvalue weighted by Crippen LogP contribution is -2.11. The van der Waals surface area contributed by atoms with Crippen LogP contribution in [0.4, 0.5) is 22.7 Å². The number of halogens is 2. The summed E-state index contributed by atoms with van der Waals surface area (Å²) < 4.78 is 1.56. The van der Waals surface area contributed by atoms with Gasteiger partial charge in [0, 0.05) is 55.5 Å². The molecule has 1 aliphatic rings. The molecule has 0 spiro atoms. The summed E-state index contributed by atoms with van der Waals surface area (Å²) >= 11 is 7.01. The van der Waals surface area contributed by atoms with Crippen molar-refractivity contribution in [1.29, 1.82) is 0 Å². The van der Waals surface area contributed by atoms with Crippen molar-refractivity contribution in [2.24, 2.45) is 9.98 Å². The highest BCUT2D eigenvalue weighted by Crippen LogP contribution is 2.36. The Morgan fingerprint density at radius 1 is 0.583 bits per heavy atom. The van der Waals surface area contributed by atoms with E-state index in [-0.39, 0.29) is 11.4 Å². The topological polar surface area (TPSA) is 111 Å². The van der Waals surface area contributed by atoms with E-state index in [2.05, 4.69) is 31.9 Å². The summed E-state index contributed by atoms with van der Waals surface area (Å²) in [5.74, 6) is 0. The number of benzene rings is 4. The highest BCUT2D eigenvalue weighted by Gasteiger charge is 2.22. The van der Waals surface area contributed by atoms with E-state index in [1.807, 2.05) is 36.4 Å². The van der Waals surface area contributed by atoms with Gasteiger partial charge in [0.15, 0.2) is 0 Å². The van der Waals surface area contributed by atoms with Crippen molar-refractivity contribution in [2.75, 3.05) is 0 Å². The first-order valence-corrected chi connectivity index (χ1v) is 12.2. The Morgan fingerprint density at radius 2 is 1.00 bits per heavy atom. The van der Waals surface area contributed by atoms with Crippen LogP contribution in [0.5, 0.6) is 0 Å². The second-order valence-electron chi connectivity index (χ2n) is 7.86. The van der Waals surface area contributed by atoms with Crippen LogP contribution in [0.1, 0.15) is 22.3 Å². The quantitative estimate of drug-likeness (QED) is 0.154. The number of hydrogen-bond donors (Lipinski definition) is 0. The van der Waals surface area contributed by atoms with Gasteiger partial charge in [-0.15, -0.1) is 0 Å². The Kier molecular flexibility index (Phi) is 6.29. The average Bonchev–Trinajstić information content (AvgIpc) is 2.86. The molecule has 0 unspecified atom stereocenters. The largest absolute Gasteiger partial charge is 0.270 e. The minimum atomic E-state index is -0.446. The van der Waals surface area contributed by atoms with E-state index in [0.29, 0.717) is 45.1 Å². The summed E-state index contributed by atoms with van der Waals surface area (Å²) in [6.45, 7) is 0. The molecule has 1 heterocycles. The molecular formula is C26H14Br2N4O4. The lowest BCUT2D eigenvalue weighted by atomic mass is 9.95. The zero-order valence-corrected chi connectivity index (χ0v) is 21.4. The van der Waals surface area contributed by atoms with Gasteiger partial charge in [-0.2, -0.15) is 0 Å². The lowest BCUT2D eigenvalue weighted by molar-refractivity contribution is -0.385. The second-order valence-corrected chi connectivity index (χ2v) is 9.69. The first-order valence-electron chi connectivity index (χ1n) is 10.6. The van der Waals surface area contributed by atoms with Crippen LogP contribution in [-0.2, 0) is 0 Å². The van der Waals surface area contributed by atoms with Gasteiger partial charge in [0.2, 0.25) is 0 Å². The number of fused-ring (bicyclic) bond motifs is 2. The predicted octanol–water partition coefficient (Wildman–Crippen LogP) is 7.68. The zero-order chi connectivity index (χ0) is 25.4. The molecule has 0 saturated heterocycles. The van der Waals surface area contributed by atoms with Gasteiger partial charge in [0.05, 0.1) is 32.6 Å². The van der Waals surface area contributed by atoms with Crippen LogP contribution in [0.15, 0.2) is 104 Å². The summed E-state index contributed by atoms with van der Waals surface area (Å²) in [6, 6.07) is 23.6. The molecule has 0 aromatic heterocycles. The Labute approximate surface area is 221 Å². The molecular weight excluding hydrogens is 592 g/mol. The standard InChI is InChI=1S/C26H14Br2N4O4/c27-17-7-9-23-21(13-17)25(15-3-1-5-19(11-15)31(33)34)29-24-10-8-18(28)14-22(24)26(30-23)16-4-2-6-20(12-16)32(35)36/h1-14H. The van der Waals surface area contributed by atoms with Crippen molar-refractivity contribution in [3.8, 4) is 0 Å². The fourth-order valence-electron chi connectivity index (χ4n) is 3.93. The SMILES string of the molecule is O=[N+]([O-])c1cccc(C2=Nc3ccc(Br)cc3C(c3cccc([N+](=O)[O-])c3)=Nc3ccc(Br)cc32)c1. The van der Waals surface area contributed by atoms with E-state index in [0.717, 1.165) is 8.95 Å². The summed E-state index contributed by atoms with van der Waals surface area (Å²) in [4.78, 5) is 31.9. The van der Waals surface area contributed by atoms with Gasteiger partial charge in [-0.05, 0) is 36.4 Å². The number of nitrogens with zero attached hydrogens (tertiary/aromatic N) is 4. The molecule has 5 rings (SSSR count). The van der Waals surface area contributed by atoms with Crippen molar-refractivity contribution in [2.45, 2.75) is 0 Å². The molecule has 0 bridgehead atoms. The highest BCUT2D eigenvalue weighted by molar-refractivity contribution is 9.10. The minimum absolute atomic E-state index is 0.0504. The van der Waals surface area contributed by atoms with Crippen LogP contribution in [0.3, 0.4) is 0 Å². The molecule has 0 fully saturated rings. The number of rotatable bonds is 4. The molecule has 0 radical (unpaired) electrons. The van der Waals surface area contributed by atoms with Crippen LogP contribution in [-0.4, -0.2) is 21.3 Å². The van der Waals surface area contributed by atoms with Gasteiger partial charge in [0.1, 0.15) is 0 Å². The molecule has 0 atom stereocenters. The van der Waals surface area contributed by atoms with Crippen molar-refractivity contribution in [1.82, 2.24) is 0 Å². The Hall–Kier alpha value is -4.02. The van der Waals surface area contributed by atoms with Crippen molar-refractivity contribution >= 4 is 66.0 Å². The predicted molar refractivity (Wildman–Crippen MR) is 145 cm³/mol. The van der Waals surface area contributed by atoms with E-state index in [9.17, 15) is 20.2 Å². The number of nitro groups is 2. The summed E-state index contributed by atoms with van der Waals surface area (Å²) in [5.41, 5.74) is 4.49. The van der Waals surface area contributed by atoms with Crippen LogP contribution < -0.4 is 0 Å². The monoisotopic (exact) mass is 604 g/mol. The maximum Gasteiger partial charge on any atom is 0.270 e. The molecule has 0 N–H and O–H groups in total. The maximum absolute atomic E-state index is 11.5. The first kappa shape index (κ1) is 23.7. The fourth-order valence-corrected chi connectivity index (χ4v) is 4.65. The molecule has 4 aromatic rings. The highest BCUT2D eigenvalue weighted by atomic mass is 79.9. The van der Waals surface area contributed by atoms with E-state index in [1.165, 1.54) is 24.3 Å². The number of nitro benzene ring substituents is 2. The Bertz CT molecular complexity index is 1510. The molecule has 8 nitrogen and oxygen atoms in total. The van der Waals surface area contributed by atoms with Crippen molar-refractivity contribution in [3.05, 3.63) is 136 Å². The summed E-state index contributed by atoms with van der Waals surface area (Å²) in [5, 5.41) is 22.9. The minimum Gasteiger partial charge on any atom is -0.258 e. The van der Waals surface area contributed by atoms with E-state index < -0.39 is 9.85 Å². The van der Waals surface area contributed by atoms with E-state index in [4.69, 9.17) is 9.98 Å². The number of hydrogen-bond acceptors (Lipinski definition) is 6. The zero-order valence-electron chi connectivity index (χ0n) is 18.3. The van der Waals surface area contributed by atoms with Gasteiger partial charge < -0.3 is 0 Å². The van der Waals surface area contributed by atoms with Gasteiger partial charge in [-0.3, -0.25) is 20.2 Å². The van der Waals surface area contributed by atoms with Gasteiger partial charge in [-0.1, -0.05) is 56.1 Å². The van der Waals surface area contributed by atoms with Crippen LogP contribution in [0.2, 0.25) is 0 Å². The third kappa shape index (κ3) is 4.60. The fraction of sp³-hybridized carbons (Fsp3) is 0. The smallest absolute Gasteiger partial charge is 0.258 e. The van der Waals surface area contributed by atoms with Gasteiger partial charge >= 0.3 is 0 Å². The summed E-state index contributed by atoms with van der Waals surface area (Å²) in [7, 11) is 0. The first-order chi connectivity index (χ1) is 17.3. The molecule has 10 heteroatoms. The van der Waals surface area contributed by atoms with Crippen LogP contribution >= 0.6 is 31.9 Å². The van der Waals surface area contributed by atoms with Crippen molar-refractivity contribution < 1.29 is 9.85 Å². The summed E-state index contributed by atoms with van der Waals surface area (Å²) in [6.07, 6.45) is 0. The molecule has 0 amide bonds. The normalized spacial score (nSPS) is 12.4. The lowest BCUT2D eigenvalue weighted by Gasteiger charge is -2.18. The third-order valence-corrected chi connectivity index (χ3v) is 6.54. The number of aliphatic imine (C=N–C) groups is 2.